The van der Waals surface area contributed by atoms with E-state index in [0.29, 0.717) is 6.61 Å². The number of para-hydroxylation sites is 2. The van der Waals surface area contributed by atoms with Crippen LogP contribution in [-0.4, -0.2) is 20.3 Å². The summed E-state index contributed by atoms with van der Waals surface area (Å²) in [6.45, 7) is 4.41. The highest BCUT2D eigenvalue weighted by atomic mass is 16.5. The number of rotatable bonds is 8. The van der Waals surface area contributed by atoms with Crippen LogP contribution in [0.3, 0.4) is 0 Å². The minimum atomic E-state index is 0.693. The van der Waals surface area contributed by atoms with Crippen molar-refractivity contribution in [2.45, 2.75) is 19.9 Å². The Labute approximate surface area is 126 Å². The molecule has 3 nitrogen and oxygen atoms in total. The lowest BCUT2D eigenvalue weighted by molar-refractivity contribution is 0.335. The molecular weight excluding hydrogens is 262 g/mol. The van der Waals surface area contributed by atoms with Gasteiger partial charge in [0, 0.05) is 12.1 Å². The average Bonchev–Trinajstić information content (AvgIpc) is 2.53. The van der Waals surface area contributed by atoms with Crippen LogP contribution < -0.4 is 14.8 Å². The second-order valence-electron chi connectivity index (χ2n) is 4.78. The second kappa shape index (κ2) is 8.32. The number of methoxy groups -OCH3 is 1. The van der Waals surface area contributed by atoms with Crippen LogP contribution in [0.5, 0.6) is 11.5 Å². The molecule has 0 aliphatic rings. The summed E-state index contributed by atoms with van der Waals surface area (Å²) < 4.78 is 11.0. The smallest absolute Gasteiger partial charge is 0.123 e. The van der Waals surface area contributed by atoms with Gasteiger partial charge >= 0.3 is 0 Å². The molecule has 0 aromatic heterocycles. The Morgan fingerprint density at radius 1 is 0.905 bits per heavy atom. The Bertz CT molecular complexity index is 554. The lowest BCUT2D eigenvalue weighted by Gasteiger charge is -2.12. The van der Waals surface area contributed by atoms with E-state index in [2.05, 4.69) is 17.4 Å². The third-order valence-electron chi connectivity index (χ3n) is 3.35. The molecule has 0 spiro atoms. The van der Waals surface area contributed by atoms with Crippen molar-refractivity contribution in [2.24, 2.45) is 0 Å². The molecule has 0 saturated heterocycles. The number of hydrogen-bond donors (Lipinski definition) is 1. The Kier molecular flexibility index (Phi) is 6.10. The Morgan fingerprint density at radius 2 is 1.57 bits per heavy atom. The predicted octanol–water partition coefficient (Wildman–Crippen LogP) is 3.43. The van der Waals surface area contributed by atoms with E-state index in [-0.39, 0.29) is 0 Å². The Balaban J connectivity index is 1.85. The van der Waals surface area contributed by atoms with E-state index >= 15 is 0 Å². The van der Waals surface area contributed by atoms with E-state index in [4.69, 9.17) is 9.47 Å². The van der Waals surface area contributed by atoms with Crippen molar-refractivity contribution in [3.05, 3.63) is 59.7 Å². The zero-order valence-corrected chi connectivity index (χ0v) is 12.8. The molecule has 2 aromatic carbocycles. The van der Waals surface area contributed by atoms with Gasteiger partial charge in [-0.1, -0.05) is 36.4 Å². The quantitative estimate of drug-likeness (QED) is 0.754. The fourth-order valence-electron chi connectivity index (χ4n) is 2.30. The molecule has 21 heavy (non-hydrogen) atoms. The van der Waals surface area contributed by atoms with E-state index < -0.39 is 0 Å². The molecule has 1 N–H and O–H groups in total. The topological polar surface area (TPSA) is 30.5 Å². The molecule has 0 radical (unpaired) electrons. The van der Waals surface area contributed by atoms with Crippen LogP contribution in [0, 0.1) is 0 Å². The van der Waals surface area contributed by atoms with E-state index in [0.717, 1.165) is 31.0 Å². The van der Waals surface area contributed by atoms with Gasteiger partial charge in [0.25, 0.3) is 0 Å². The largest absolute Gasteiger partial charge is 0.496 e. The van der Waals surface area contributed by atoms with Gasteiger partial charge in [0.15, 0.2) is 0 Å². The van der Waals surface area contributed by atoms with E-state index in [9.17, 15) is 0 Å². The molecule has 0 atom stereocenters. The summed E-state index contributed by atoms with van der Waals surface area (Å²) in [6, 6.07) is 16.3. The highest BCUT2D eigenvalue weighted by Gasteiger charge is 2.03. The summed E-state index contributed by atoms with van der Waals surface area (Å²) in [6.07, 6.45) is 0.945. The molecular formula is C18H23NO2. The zero-order valence-electron chi connectivity index (χ0n) is 12.8. The Morgan fingerprint density at radius 3 is 2.29 bits per heavy atom. The van der Waals surface area contributed by atoms with E-state index in [1.807, 2.05) is 43.3 Å². The molecule has 0 amide bonds. The van der Waals surface area contributed by atoms with Gasteiger partial charge in [-0.2, -0.15) is 0 Å². The number of ether oxygens (including phenoxy) is 2. The minimum absolute atomic E-state index is 0.693. The molecule has 0 saturated carbocycles. The molecule has 3 heteroatoms. The first kappa shape index (κ1) is 15.4. The summed E-state index contributed by atoms with van der Waals surface area (Å²) in [7, 11) is 1.71. The molecule has 0 aliphatic carbocycles. The fourth-order valence-corrected chi connectivity index (χ4v) is 2.30. The van der Waals surface area contributed by atoms with Crippen LogP contribution in [0.25, 0.3) is 0 Å². The molecule has 0 aliphatic heterocycles. The summed E-state index contributed by atoms with van der Waals surface area (Å²) in [5, 5.41) is 3.46. The Hall–Kier alpha value is -2.00. The highest BCUT2D eigenvalue weighted by molar-refractivity contribution is 5.34. The summed E-state index contributed by atoms with van der Waals surface area (Å²) in [5.41, 5.74) is 2.42. The van der Waals surface area contributed by atoms with Gasteiger partial charge in [-0.25, -0.2) is 0 Å². The maximum atomic E-state index is 5.63. The summed E-state index contributed by atoms with van der Waals surface area (Å²) in [5.74, 6) is 1.92. The van der Waals surface area contributed by atoms with Crippen molar-refractivity contribution in [1.82, 2.24) is 5.32 Å². The number of benzene rings is 2. The van der Waals surface area contributed by atoms with Crippen LogP contribution in [0.1, 0.15) is 18.1 Å². The minimum Gasteiger partial charge on any atom is -0.496 e. The molecule has 2 aromatic rings. The van der Waals surface area contributed by atoms with Gasteiger partial charge in [-0.05, 0) is 37.6 Å². The first-order valence-corrected chi connectivity index (χ1v) is 7.38. The maximum absolute atomic E-state index is 5.63. The van der Waals surface area contributed by atoms with Gasteiger partial charge < -0.3 is 14.8 Å². The fraction of sp³-hybridized carbons (Fsp3) is 0.333. The van der Waals surface area contributed by atoms with Gasteiger partial charge in [0.2, 0.25) is 0 Å². The molecule has 2 rings (SSSR count). The van der Waals surface area contributed by atoms with E-state index in [1.165, 1.54) is 11.1 Å². The first-order valence-electron chi connectivity index (χ1n) is 7.38. The maximum Gasteiger partial charge on any atom is 0.123 e. The number of hydrogen-bond acceptors (Lipinski definition) is 3. The van der Waals surface area contributed by atoms with Gasteiger partial charge in [0.1, 0.15) is 11.5 Å². The predicted molar refractivity (Wildman–Crippen MR) is 86.0 cm³/mol. The third kappa shape index (κ3) is 4.50. The molecule has 112 valence electrons. The molecule has 0 fully saturated rings. The number of nitrogens with one attached hydrogen (secondary N) is 1. The van der Waals surface area contributed by atoms with Crippen molar-refractivity contribution in [3.63, 3.8) is 0 Å². The van der Waals surface area contributed by atoms with Crippen LogP contribution in [0.4, 0.5) is 0 Å². The van der Waals surface area contributed by atoms with Gasteiger partial charge in [0.05, 0.1) is 13.7 Å². The van der Waals surface area contributed by atoms with Gasteiger partial charge in [-0.15, -0.1) is 0 Å². The van der Waals surface area contributed by atoms with Crippen LogP contribution in [-0.2, 0) is 13.0 Å². The van der Waals surface area contributed by atoms with Gasteiger partial charge in [-0.3, -0.25) is 0 Å². The van der Waals surface area contributed by atoms with Crippen LogP contribution >= 0.6 is 0 Å². The van der Waals surface area contributed by atoms with Crippen LogP contribution in [0.2, 0.25) is 0 Å². The normalized spacial score (nSPS) is 10.4. The zero-order chi connectivity index (χ0) is 14.9. The second-order valence-corrected chi connectivity index (χ2v) is 4.78. The lowest BCUT2D eigenvalue weighted by Crippen LogP contribution is -2.17. The average molecular weight is 285 g/mol. The first-order chi connectivity index (χ1) is 10.3. The monoisotopic (exact) mass is 285 g/mol. The summed E-state index contributed by atoms with van der Waals surface area (Å²) >= 11 is 0. The molecule has 0 unspecified atom stereocenters. The van der Waals surface area contributed by atoms with E-state index in [1.54, 1.807) is 7.11 Å². The third-order valence-corrected chi connectivity index (χ3v) is 3.35. The van der Waals surface area contributed by atoms with Crippen molar-refractivity contribution in [3.8, 4) is 11.5 Å². The van der Waals surface area contributed by atoms with Crippen molar-refractivity contribution >= 4 is 0 Å². The standard InChI is InChI=1S/C18H23NO2/c1-3-21-18-11-7-5-9-16(18)14-19-13-12-15-8-4-6-10-17(15)20-2/h4-11,19H,3,12-14H2,1-2H3. The van der Waals surface area contributed by atoms with Crippen LogP contribution in [0.15, 0.2) is 48.5 Å². The van der Waals surface area contributed by atoms with Crippen molar-refractivity contribution < 1.29 is 9.47 Å². The highest BCUT2D eigenvalue weighted by Crippen LogP contribution is 2.19. The lowest BCUT2D eigenvalue weighted by atomic mass is 10.1. The molecule has 0 heterocycles. The van der Waals surface area contributed by atoms with Crippen molar-refractivity contribution in [2.75, 3.05) is 20.3 Å². The van der Waals surface area contributed by atoms with Crippen molar-refractivity contribution in [1.29, 1.82) is 0 Å². The molecule has 0 bridgehead atoms. The summed E-state index contributed by atoms with van der Waals surface area (Å²) in [4.78, 5) is 0. The SMILES string of the molecule is CCOc1ccccc1CNCCc1ccccc1OC.